The summed E-state index contributed by atoms with van der Waals surface area (Å²) < 4.78 is 0. The molecular formula is C21H18N4OS. The summed E-state index contributed by atoms with van der Waals surface area (Å²) in [4.78, 5) is 22.2. The van der Waals surface area contributed by atoms with Crippen LogP contribution in [0, 0.1) is 6.92 Å². The maximum Gasteiger partial charge on any atom is 0.260 e. The molecule has 4 rings (SSSR count). The lowest BCUT2D eigenvalue weighted by Gasteiger charge is -2.17. The van der Waals surface area contributed by atoms with Crippen LogP contribution in [0.25, 0.3) is 10.2 Å². The predicted molar refractivity (Wildman–Crippen MR) is 109 cm³/mol. The third-order valence-corrected chi connectivity index (χ3v) is 5.65. The molecule has 4 aromatic rings. The summed E-state index contributed by atoms with van der Waals surface area (Å²) in [6.07, 6.45) is 0. The van der Waals surface area contributed by atoms with Crippen molar-refractivity contribution >= 4 is 33.1 Å². The van der Waals surface area contributed by atoms with Crippen molar-refractivity contribution in [2.75, 3.05) is 5.73 Å². The summed E-state index contributed by atoms with van der Waals surface area (Å²) in [5.41, 5.74) is 14.9. The molecule has 2 heterocycles. The second-order valence-electron chi connectivity index (χ2n) is 6.31. The maximum atomic E-state index is 11.7. The zero-order valence-electron chi connectivity index (χ0n) is 14.7. The minimum absolute atomic E-state index is 0.115. The van der Waals surface area contributed by atoms with E-state index in [0.29, 0.717) is 26.6 Å². The number of amides is 1. The van der Waals surface area contributed by atoms with E-state index in [-0.39, 0.29) is 5.92 Å². The summed E-state index contributed by atoms with van der Waals surface area (Å²) in [5, 5.41) is 0.706. The molecule has 0 spiro atoms. The lowest BCUT2D eigenvalue weighted by atomic mass is 9.90. The van der Waals surface area contributed by atoms with Crippen molar-refractivity contribution in [3.63, 3.8) is 0 Å². The number of carbonyl (C=O) groups is 1. The van der Waals surface area contributed by atoms with Crippen LogP contribution in [0.2, 0.25) is 0 Å². The van der Waals surface area contributed by atoms with E-state index in [2.05, 4.69) is 24.3 Å². The Morgan fingerprint density at radius 1 is 0.963 bits per heavy atom. The number of rotatable bonds is 4. The zero-order chi connectivity index (χ0) is 19.0. The normalized spacial score (nSPS) is 11.2. The molecule has 0 atom stereocenters. The third kappa shape index (κ3) is 3.04. The lowest BCUT2D eigenvalue weighted by molar-refractivity contribution is 0.100. The number of benzene rings is 2. The van der Waals surface area contributed by atoms with Gasteiger partial charge in [-0.2, -0.15) is 0 Å². The van der Waals surface area contributed by atoms with Crippen molar-refractivity contribution in [3.8, 4) is 0 Å². The Balaban J connectivity index is 1.95. The molecule has 4 N–H and O–H groups in total. The van der Waals surface area contributed by atoms with Gasteiger partial charge in [-0.25, -0.2) is 9.97 Å². The van der Waals surface area contributed by atoms with Crippen LogP contribution in [0.3, 0.4) is 0 Å². The molecule has 0 fully saturated rings. The van der Waals surface area contributed by atoms with Crippen LogP contribution in [0.1, 0.15) is 38.2 Å². The quantitative estimate of drug-likeness (QED) is 0.567. The molecule has 5 nitrogen and oxygen atoms in total. The van der Waals surface area contributed by atoms with Gasteiger partial charge in [0.25, 0.3) is 5.91 Å². The van der Waals surface area contributed by atoms with Crippen LogP contribution in [-0.2, 0) is 0 Å². The first-order chi connectivity index (χ1) is 13.1. The average molecular weight is 374 g/mol. The molecule has 6 heteroatoms. The zero-order valence-corrected chi connectivity index (χ0v) is 15.5. The number of aromatic nitrogens is 2. The largest absolute Gasteiger partial charge is 0.397 e. The number of thiophene rings is 1. The van der Waals surface area contributed by atoms with Gasteiger partial charge in [0.1, 0.15) is 15.5 Å². The Bertz CT molecular complexity index is 1080. The number of nitrogens with zero attached hydrogens (tertiary/aromatic N) is 2. The summed E-state index contributed by atoms with van der Waals surface area (Å²) >= 11 is 1.22. The van der Waals surface area contributed by atoms with Crippen LogP contribution >= 0.6 is 11.3 Å². The molecule has 0 unspecified atom stereocenters. The minimum Gasteiger partial charge on any atom is -0.397 e. The fourth-order valence-electron chi connectivity index (χ4n) is 3.31. The van der Waals surface area contributed by atoms with Crippen molar-refractivity contribution in [1.29, 1.82) is 0 Å². The first-order valence-electron chi connectivity index (χ1n) is 8.52. The standard InChI is InChI=1S/C21H18N4OS/c1-12-15-17(22)18(19(23)26)27-21(15)25-20(24-12)16(13-8-4-2-5-9-13)14-10-6-3-7-11-14/h2-11,16H,22H2,1H3,(H2,23,26). The molecule has 2 aromatic heterocycles. The van der Waals surface area contributed by atoms with E-state index in [9.17, 15) is 4.79 Å². The highest BCUT2D eigenvalue weighted by Crippen LogP contribution is 2.37. The second-order valence-corrected chi connectivity index (χ2v) is 7.31. The van der Waals surface area contributed by atoms with E-state index in [1.54, 1.807) is 0 Å². The number of carbonyl (C=O) groups excluding carboxylic acids is 1. The predicted octanol–water partition coefficient (Wildman–Crippen LogP) is 3.86. The van der Waals surface area contributed by atoms with Gasteiger partial charge in [-0.15, -0.1) is 11.3 Å². The maximum absolute atomic E-state index is 11.7. The molecule has 1 amide bonds. The van der Waals surface area contributed by atoms with Gasteiger partial charge in [-0.05, 0) is 18.1 Å². The van der Waals surface area contributed by atoms with Crippen LogP contribution < -0.4 is 11.5 Å². The van der Waals surface area contributed by atoms with Gasteiger partial charge in [0.15, 0.2) is 0 Å². The van der Waals surface area contributed by atoms with Gasteiger partial charge in [0.05, 0.1) is 22.7 Å². The van der Waals surface area contributed by atoms with Crippen LogP contribution in [-0.4, -0.2) is 15.9 Å². The number of hydrogen-bond donors (Lipinski definition) is 2. The highest BCUT2D eigenvalue weighted by Gasteiger charge is 2.23. The number of aryl methyl sites for hydroxylation is 1. The molecule has 0 aliphatic carbocycles. The van der Waals surface area contributed by atoms with E-state index < -0.39 is 5.91 Å². The highest BCUT2D eigenvalue weighted by atomic mass is 32.1. The van der Waals surface area contributed by atoms with Crippen LogP contribution in [0.4, 0.5) is 5.69 Å². The van der Waals surface area contributed by atoms with E-state index in [1.165, 1.54) is 11.3 Å². The molecule has 0 bridgehead atoms. The highest BCUT2D eigenvalue weighted by molar-refractivity contribution is 7.21. The smallest absolute Gasteiger partial charge is 0.260 e. The van der Waals surface area contributed by atoms with Gasteiger partial charge in [0, 0.05) is 0 Å². The van der Waals surface area contributed by atoms with Gasteiger partial charge in [-0.3, -0.25) is 4.79 Å². The van der Waals surface area contributed by atoms with Gasteiger partial charge in [-0.1, -0.05) is 60.7 Å². The van der Waals surface area contributed by atoms with Crippen LogP contribution in [0.15, 0.2) is 60.7 Å². The molecule has 0 aliphatic heterocycles. The van der Waals surface area contributed by atoms with Crippen molar-refractivity contribution in [1.82, 2.24) is 9.97 Å². The molecule has 0 saturated heterocycles. The van der Waals surface area contributed by atoms with Crippen molar-refractivity contribution in [2.24, 2.45) is 5.73 Å². The number of primary amides is 1. The van der Waals surface area contributed by atoms with E-state index in [4.69, 9.17) is 21.4 Å². The van der Waals surface area contributed by atoms with E-state index in [1.807, 2.05) is 43.3 Å². The molecule has 134 valence electrons. The Labute approximate surface area is 160 Å². The summed E-state index contributed by atoms with van der Waals surface area (Å²) in [6, 6.07) is 20.3. The molecule has 27 heavy (non-hydrogen) atoms. The summed E-state index contributed by atoms with van der Waals surface area (Å²) in [5.74, 6) is 0.0182. The van der Waals surface area contributed by atoms with Crippen molar-refractivity contribution < 1.29 is 4.79 Å². The van der Waals surface area contributed by atoms with Gasteiger partial charge >= 0.3 is 0 Å². The lowest BCUT2D eigenvalue weighted by Crippen LogP contribution is -2.11. The Morgan fingerprint density at radius 3 is 2.04 bits per heavy atom. The average Bonchev–Trinajstić information content (AvgIpc) is 3.01. The Hall–Kier alpha value is -3.25. The Morgan fingerprint density at radius 2 is 1.52 bits per heavy atom. The first kappa shape index (κ1) is 17.2. The third-order valence-electron chi connectivity index (χ3n) is 4.53. The fourth-order valence-corrected chi connectivity index (χ4v) is 4.32. The number of hydrogen-bond acceptors (Lipinski definition) is 5. The number of fused-ring (bicyclic) bond motifs is 1. The van der Waals surface area contributed by atoms with Crippen molar-refractivity contribution in [2.45, 2.75) is 12.8 Å². The number of anilines is 1. The second kappa shape index (κ2) is 6.81. The summed E-state index contributed by atoms with van der Waals surface area (Å²) in [6.45, 7) is 1.88. The SMILES string of the molecule is Cc1nc(C(c2ccccc2)c2ccccc2)nc2sc(C(N)=O)c(N)c12. The molecule has 0 radical (unpaired) electrons. The fraction of sp³-hybridized carbons (Fsp3) is 0.0952. The topological polar surface area (TPSA) is 94.9 Å². The van der Waals surface area contributed by atoms with Gasteiger partial charge in [0.2, 0.25) is 0 Å². The van der Waals surface area contributed by atoms with Gasteiger partial charge < -0.3 is 11.5 Å². The minimum atomic E-state index is -0.542. The van der Waals surface area contributed by atoms with E-state index >= 15 is 0 Å². The Kier molecular flexibility index (Phi) is 4.33. The molecule has 0 saturated carbocycles. The van der Waals surface area contributed by atoms with E-state index in [0.717, 1.165) is 16.8 Å². The monoisotopic (exact) mass is 374 g/mol. The first-order valence-corrected chi connectivity index (χ1v) is 9.34. The number of nitrogens with two attached hydrogens (primary N) is 2. The molecule has 2 aromatic carbocycles. The van der Waals surface area contributed by atoms with Crippen LogP contribution in [0.5, 0.6) is 0 Å². The van der Waals surface area contributed by atoms with Crippen molar-refractivity contribution in [3.05, 3.63) is 88.2 Å². The molecule has 0 aliphatic rings. The molecular weight excluding hydrogens is 356 g/mol. The number of nitrogen functional groups attached to an aromatic ring is 1. The summed E-state index contributed by atoms with van der Waals surface area (Å²) in [7, 11) is 0.